The molecule has 0 bridgehead atoms. The van der Waals surface area contributed by atoms with E-state index < -0.39 is 11.1 Å². The van der Waals surface area contributed by atoms with Crippen LogP contribution in [0.3, 0.4) is 0 Å². The summed E-state index contributed by atoms with van der Waals surface area (Å²) in [5, 5.41) is -0.443. The molecule has 9 heteroatoms. The Hall–Kier alpha value is -2.36. The Labute approximate surface area is 212 Å². The minimum absolute atomic E-state index is 0.234. The molecule has 0 unspecified atom stereocenters. The quantitative estimate of drug-likeness (QED) is 0.332. The highest BCUT2D eigenvalue weighted by Gasteiger charge is 2.37. The molecule has 2 aromatic carbocycles. The highest BCUT2D eigenvalue weighted by molar-refractivity contribution is 9.11. The predicted octanol–water partition coefficient (Wildman–Crippen LogP) is 5.40. The summed E-state index contributed by atoms with van der Waals surface area (Å²) in [6.07, 6.45) is 4.05. The molecule has 4 rings (SSSR count). The van der Waals surface area contributed by atoms with Gasteiger partial charge in [-0.2, -0.15) is 0 Å². The van der Waals surface area contributed by atoms with Crippen LogP contribution >= 0.6 is 43.6 Å². The van der Waals surface area contributed by atoms with Crippen LogP contribution in [0.25, 0.3) is 6.08 Å². The van der Waals surface area contributed by atoms with E-state index in [0.717, 1.165) is 28.6 Å². The summed E-state index contributed by atoms with van der Waals surface area (Å²) in [5.41, 5.74) is 3.04. The van der Waals surface area contributed by atoms with Gasteiger partial charge in [-0.15, -0.1) is 0 Å². The second-order valence-corrected chi connectivity index (χ2v) is 10.2. The van der Waals surface area contributed by atoms with E-state index >= 15 is 0 Å². The fourth-order valence-electron chi connectivity index (χ4n) is 3.67. The summed E-state index contributed by atoms with van der Waals surface area (Å²) in [6.45, 7) is 4.79. The monoisotopic (exact) mass is 590 g/mol. The van der Waals surface area contributed by atoms with Crippen LogP contribution < -0.4 is 4.74 Å². The van der Waals surface area contributed by atoms with Crippen molar-refractivity contribution in [2.75, 3.05) is 19.7 Å². The number of rotatable bonds is 6. The topological polar surface area (TPSA) is 66.9 Å². The molecule has 2 heterocycles. The van der Waals surface area contributed by atoms with Gasteiger partial charge in [0.05, 0.1) is 13.9 Å². The maximum atomic E-state index is 12.9. The zero-order valence-electron chi connectivity index (χ0n) is 17.6. The molecule has 33 heavy (non-hydrogen) atoms. The Kier molecular flexibility index (Phi) is 7.41. The van der Waals surface area contributed by atoms with Crippen LogP contribution in [0, 0.1) is 0 Å². The van der Waals surface area contributed by atoms with Crippen molar-refractivity contribution in [2.24, 2.45) is 0 Å². The first-order chi connectivity index (χ1) is 15.9. The van der Waals surface area contributed by atoms with Crippen LogP contribution in [-0.4, -0.2) is 46.5 Å². The van der Waals surface area contributed by atoms with Crippen molar-refractivity contribution in [3.05, 3.63) is 79.6 Å². The van der Waals surface area contributed by atoms with Crippen molar-refractivity contribution in [1.82, 2.24) is 9.80 Å². The zero-order chi connectivity index (χ0) is 23.5. The summed E-state index contributed by atoms with van der Waals surface area (Å²) >= 11 is 7.77. The maximum absolute atomic E-state index is 12.9. The summed E-state index contributed by atoms with van der Waals surface area (Å²) < 4.78 is 7.01. The summed E-state index contributed by atoms with van der Waals surface area (Å²) in [4.78, 5) is 41.3. The van der Waals surface area contributed by atoms with E-state index in [1.165, 1.54) is 5.56 Å². The first kappa shape index (κ1) is 23.8. The van der Waals surface area contributed by atoms with E-state index in [9.17, 15) is 14.4 Å². The Morgan fingerprint density at radius 3 is 2.55 bits per heavy atom. The molecular formula is C24H20Br2N2O4S. The number of hydrogen-bond donors (Lipinski definition) is 0. The van der Waals surface area contributed by atoms with Gasteiger partial charge < -0.3 is 9.64 Å². The normalized spacial score (nSPS) is 16.8. The smallest absolute Gasteiger partial charge is 0.294 e. The standard InChI is InChI=1S/C24H20Br2N2O4S/c1-2-9-32-22-18(25)10-15(11-19(22)26)12-20-23(30)28(24(31)33-20)14-21(29)27-8-7-16-5-3-4-6-17(16)13-27/h2-6,10-12H,1,7-9,13-14H2/b20-12+. The largest absolute Gasteiger partial charge is 0.487 e. The molecule has 1 saturated heterocycles. The molecule has 0 aromatic heterocycles. The molecule has 0 aliphatic carbocycles. The highest BCUT2D eigenvalue weighted by Crippen LogP contribution is 2.37. The van der Waals surface area contributed by atoms with Crippen LogP contribution in [0.5, 0.6) is 5.75 Å². The number of carbonyl (C=O) groups is 3. The van der Waals surface area contributed by atoms with Gasteiger partial charge in [-0.25, -0.2) is 0 Å². The van der Waals surface area contributed by atoms with E-state index in [4.69, 9.17) is 4.74 Å². The second-order valence-electron chi connectivity index (χ2n) is 7.52. The van der Waals surface area contributed by atoms with Crippen LogP contribution in [0.15, 0.2) is 62.9 Å². The number of benzene rings is 2. The van der Waals surface area contributed by atoms with Crippen molar-refractivity contribution in [1.29, 1.82) is 0 Å². The highest BCUT2D eigenvalue weighted by atomic mass is 79.9. The Balaban J connectivity index is 1.46. The number of fused-ring (bicyclic) bond motifs is 1. The van der Waals surface area contributed by atoms with Gasteiger partial charge in [0.15, 0.2) is 0 Å². The molecule has 2 aliphatic heterocycles. The Morgan fingerprint density at radius 2 is 1.85 bits per heavy atom. The zero-order valence-corrected chi connectivity index (χ0v) is 21.5. The molecular weight excluding hydrogens is 572 g/mol. The molecule has 2 aliphatic rings. The summed E-state index contributed by atoms with van der Waals surface area (Å²) in [7, 11) is 0. The van der Waals surface area contributed by atoms with Gasteiger partial charge >= 0.3 is 0 Å². The number of imide groups is 1. The summed E-state index contributed by atoms with van der Waals surface area (Å²) in [6, 6.07) is 11.6. The molecule has 0 spiro atoms. The van der Waals surface area contributed by atoms with Crippen LogP contribution in [-0.2, 0) is 22.6 Å². The average molecular weight is 592 g/mol. The van der Waals surface area contributed by atoms with Gasteiger partial charge in [0, 0.05) is 13.1 Å². The van der Waals surface area contributed by atoms with Crippen LogP contribution in [0.1, 0.15) is 16.7 Å². The van der Waals surface area contributed by atoms with Crippen LogP contribution in [0.4, 0.5) is 4.79 Å². The fourth-order valence-corrected chi connectivity index (χ4v) is 5.96. The number of thioether (sulfide) groups is 1. The van der Waals surface area contributed by atoms with Crippen molar-refractivity contribution < 1.29 is 19.1 Å². The number of nitrogens with zero attached hydrogens (tertiary/aromatic N) is 2. The van der Waals surface area contributed by atoms with Gasteiger partial charge in [0.2, 0.25) is 5.91 Å². The van der Waals surface area contributed by atoms with E-state index in [0.29, 0.717) is 40.0 Å². The molecule has 2 aromatic rings. The van der Waals surface area contributed by atoms with Crippen molar-refractivity contribution in [3.63, 3.8) is 0 Å². The molecule has 170 valence electrons. The van der Waals surface area contributed by atoms with Gasteiger partial charge in [0.25, 0.3) is 11.1 Å². The predicted molar refractivity (Wildman–Crippen MR) is 136 cm³/mol. The Morgan fingerprint density at radius 1 is 1.15 bits per heavy atom. The second kappa shape index (κ2) is 10.3. The third kappa shape index (κ3) is 5.26. The fraction of sp³-hybridized carbons (Fsp3) is 0.208. The number of amides is 3. The lowest BCUT2D eigenvalue weighted by Crippen LogP contribution is -2.44. The minimum atomic E-state index is -0.463. The van der Waals surface area contributed by atoms with Gasteiger partial charge in [0.1, 0.15) is 18.9 Å². The van der Waals surface area contributed by atoms with E-state index in [2.05, 4.69) is 44.5 Å². The molecule has 1 fully saturated rings. The summed E-state index contributed by atoms with van der Waals surface area (Å²) in [5.74, 6) is -0.0777. The number of halogens is 2. The lowest BCUT2D eigenvalue weighted by Gasteiger charge is -2.29. The van der Waals surface area contributed by atoms with E-state index in [1.807, 2.05) is 18.2 Å². The SMILES string of the molecule is C=CCOc1c(Br)cc(/C=C2/SC(=O)N(CC(=O)N3CCc4ccccc4C3)C2=O)cc1Br. The van der Waals surface area contributed by atoms with Crippen LogP contribution in [0.2, 0.25) is 0 Å². The molecule has 6 nitrogen and oxygen atoms in total. The third-order valence-electron chi connectivity index (χ3n) is 5.31. The first-order valence-electron chi connectivity index (χ1n) is 10.2. The lowest BCUT2D eigenvalue weighted by molar-refractivity contribution is -0.136. The maximum Gasteiger partial charge on any atom is 0.294 e. The van der Waals surface area contributed by atoms with Crippen molar-refractivity contribution in [2.45, 2.75) is 13.0 Å². The van der Waals surface area contributed by atoms with Gasteiger partial charge in [-0.1, -0.05) is 36.9 Å². The van der Waals surface area contributed by atoms with E-state index in [1.54, 1.807) is 29.2 Å². The van der Waals surface area contributed by atoms with Gasteiger partial charge in [-0.3, -0.25) is 19.3 Å². The van der Waals surface area contributed by atoms with Crippen molar-refractivity contribution >= 4 is 66.8 Å². The molecule has 0 saturated carbocycles. The molecule has 3 amide bonds. The van der Waals surface area contributed by atoms with Crippen molar-refractivity contribution in [3.8, 4) is 5.75 Å². The lowest BCUT2D eigenvalue weighted by atomic mass is 10.00. The van der Waals surface area contributed by atoms with E-state index in [-0.39, 0.29) is 17.4 Å². The first-order valence-corrected chi connectivity index (χ1v) is 12.6. The third-order valence-corrected chi connectivity index (χ3v) is 7.40. The minimum Gasteiger partial charge on any atom is -0.487 e. The molecule has 0 N–H and O–H groups in total. The van der Waals surface area contributed by atoms with Gasteiger partial charge in [-0.05, 0) is 84.9 Å². The number of ether oxygens (including phenoxy) is 1. The number of hydrogen-bond acceptors (Lipinski definition) is 5. The number of carbonyl (C=O) groups excluding carboxylic acids is 3. The molecule has 0 atom stereocenters. The average Bonchev–Trinajstić information content (AvgIpc) is 3.05. The Bertz CT molecular complexity index is 1160. The molecule has 0 radical (unpaired) electrons.